The number of nitrogens with zero attached hydrogens (tertiary/aromatic N) is 2. The first-order valence-electron chi connectivity index (χ1n) is 7.52. The van der Waals surface area contributed by atoms with E-state index in [0.717, 1.165) is 40.6 Å². The highest BCUT2D eigenvalue weighted by Crippen LogP contribution is 2.40. The highest BCUT2D eigenvalue weighted by molar-refractivity contribution is 5.63. The molecule has 2 aromatic rings. The van der Waals surface area contributed by atoms with Crippen molar-refractivity contribution in [2.45, 2.75) is 39.5 Å². The predicted molar refractivity (Wildman–Crippen MR) is 84.7 cm³/mol. The maximum Gasteiger partial charge on any atom is 0.161 e. The molecule has 4 heteroatoms. The minimum atomic E-state index is 0.351. The molecule has 0 unspecified atom stereocenters. The predicted octanol–water partition coefficient (Wildman–Crippen LogP) is 3.78. The molecule has 2 N–H and O–H groups in total. The minimum Gasteiger partial charge on any atom is -0.507 e. The van der Waals surface area contributed by atoms with Crippen molar-refractivity contribution in [2.75, 3.05) is 11.9 Å². The van der Waals surface area contributed by atoms with Crippen LogP contribution in [-0.4, -0.2) is 21.6 Å². The van der Waals surface area contributed by atoms with E-state index in [-0.39, 0.29) is 0 Å². The summed E-state index contributed by atoms with van der Waals surface area (Å²) >= 11 is 0. The summed E-state index contributed by atoms with van der Waals surface area (Å²) in [6.45, 7) is 6.71. The third-order valence-electron chi connectivity index (χ3n) is 3.85. The quantitative estimate of drug-likeness (QED) is 0.896. The Morgan fingerprint density at radius 2 is 1.81 bits per heavy atom. The Balaban J connectivity index is 2.08. The number of phenols is 1. The van der Waals surface area contributed by atoms with Crippen LogP contribution in [0.25, 0.3) is 11.4 Å². The van der Waals surface area contributed by atoms with Crippen molar-refractivity contribution >= 4 is 5.82 Å². The zero-order valence-electron chi connectivity index (χ0n) is 12.8. The fraction of sp³-hybridized carbons (Fsp3) is 0.412. The lowest BCUT2D eigenvalue weighted by Crippen LogP contribution is -2.04. The lowest BCUT2D eigenvalue weighted by atomic mass is 10.1. The van der Waals surface area contributed by atoms with Crippen molar-refractivity contribution in [1.82, 2.24) is 9.97 Å². The van der Waals surface area contributed by atoms with Crippen molar-refractivity contribution in [3.05, 3.63) is 35.0 Å². The molecule has 3 rings (SSSR count). The Morgan fingerprint density at radius 1 is 1.14 bits per heavy atom. The Labute approximate surface area is 125 Å². The number of nitrogens with one attached hydrogen (secondary N) is 1. The van der Waals surface area contributed by atoms with Gasteiger partial charge in [-0.1, -0.05) is 0 Å². The molecule has 1 heterocycles. The summed E-state index contributed by atoms with van der Waals surface area (Å²) in [6.07, 6.45) is 2.44. The average Bonchev–Trinajstić information content (AvgIpc) is 3.29. The molecular formula is C17H21N3O. The minimum absolute atomic E-state index is 0.351. The van der Waals surface area contributed by atoms with Crippen LogP contribution in [0.15, 0.2) is 18.2 Å². The van der Waals surface area contributed by atoms with Crippen LogP contribution in [0, 0.1) is 13.8 Å². The second-order valence-electron chi connectivity index (χ2n) is 5.76. The van der Waals surface area contributed by atoms with E-state index in [1.54, 1.807) is 0 Å². The van der Waals surface area contributed by atoms with Crippen LogP contribution in [0.2, 0.25) is 0 Å². The van der Waals surface area contributed by atoms with E-state index < -0.39 is 0 Å². The zero-order valence-corrected chi connectivity index (χ0v) is 12.8. The molecule has 0 saturated heterocycles. The molecule has 1 aromatic carbocycles. The second-order valence-corrected chi connectivity index (χ2v) is 5.76. The van der Waals surface area contributed by atoms with Crippen LogP contribution in [0.1, 0.15) is 42.5 Å². The van der Waals surface area contributed by atoms with E-state index in [1.807, 2.05) is 26.0 Å². The van der Waals surface area contributed by atoms with E-state index in [1.165, 1.54) is 12.8 Å². The van der Waals surface area contributed by atoms with Crippen molar-refractivity contribution in [2.24, 2.45) is 0 Å². The molecule has 110 valence electrons. The van der Waals surface area contributed by atoms with Crippen LogP contribution in [0.4, 0.5) is 5.82 Å². The van der Waals surface area contributed by atoms with Gasteiger partial charge in [-0.15, -0.1) is 0 Å². The maximum absolute atomic E-state index is 9.92. The normalized spacial score (nSPS) is 14.2. The van der Waals surface area contributed by atoms with Gasteiger partial charge >= 0.3 is 0 Å². The smallest absolute Gasteiger partial charge is 0.161 e. The van der Waals surface area contributed by atoms with E-state index in [2.05, 4.69) is 23.3 Å². The summed E-state index contributed by atoms with van der Waals surface area (Å²) in [5, 5.41) is 13.2. The monoisotopic (exact) mass is 283 g/mol. The van der Waals surface area contributed by atoms with Gasteiger partial charge in [0.2, 0.25) is 0 Å². The molecule has 0 spiro atoms. The summed E-state index contributed by atoms with van der Waals surface area (Å²) in [5.74, 6) is 2.56. The van der Waals surface area contributed by atoms with Crippen molar-refractivity contribution in [1.29, 1.82) is 0 Å². The molecular weight excluding hydrogens is 262 g/mol. The van der Waals surface area contributed by atoms with Gasteiger partial charge in [-0.2, -0.15) is 0 Å². The lowest BCUT2D eigenvalue weighted by Gasteiger charge is -2.11. The summed E-state index contributed by atoms with van der Waals surface area (Å²) in [5.41, 5.74) is 3.80. The Hall–Kier alpha value is -2.10. The zero-order chi connectivity index (χ0) is 15.0. The molecule has 1 aliphatic carbocycles. The standard InChI is InChI=1S/C17H21N3O/c1-4-18-15-9-14(12-5-6-12)19-17(20-15)13-7-10(2)16(21)11(3)8-13/h7-9,12,21H,4-6H2,1-3H3,(H,18,19,20). The van der Waals surface area contributed by atoms with Crippen LogP contribution in [0.3, 0.4) is 0 Å². The summed E-state index contributed by atoms with van der Waals surface area (Å²) in [7, 11) is 0. The van der Waals surface area contributed by atoms with Crippen molar-refractivity contribution < 1.29 is 5.11 Å². The molecule has 0 aliphatic heterocycles. The highest BCUT2D eigenvalue weighted by Gasteiger charge is 2.26. The number of aromatic nitrogens is 2. The van der Waals surface area contributed by atoms with Crippen LogP contribution < -0.4 is 5.32 Å². The number of phenolic OH excluding ortho intramolecular Hbond substituents is 1. The van der Waals surface area contributed by atoms with Gasteiger partial charge in [-0.05, 0) is 56.9 Å². The van der Waals surface area contributed by atoms with Gasteiger partial charge in [-0.3, -0.25) is 0 Å². The third-order valence-corrected chi connectivity index (χ3v) is 3.85. The summed E-state index contributed by atoms with van der Waals surface area (Å²) in [6, 6.07) is 5.96. The molecule has 21 heavy (non-hydrogen) atoms. The van der Waals surface area contributed by atoms with Crippen LogP contribution in [-0.2, 0) is 0 Å². The molecule has 1 saturated carbocycles. The number of anilines is 1. The molecule has 0 amide bonds. The fourth-order valence-electron chi connectivity index (χ4n) is 2.54. The number of aromatic hydroxyl groups is 1. The molecule has 1 aliphatic rings. The van der Waals surface area contributed by atoms with Crippen LogP contribution in [0.5, 0.6) is 5.75 Å². The van der Waals surface area contributed by atoms with Gasteiger partial charge in [0.1, 0.15) is 11.6 Å². The van der Waals surface area contributed by atoms with Gasteiger partial charge in [0, 0.05) is 29.8 Å². The first-order chi connectivity index (χ1) is 10.1. The lowest BCUT2D eigenvalue weighted by molar-refractivity contribution is 0.467. The number of hydrogen-bond acceptors (Lipinski definition) is 4. The van der Waals surface area contributed by atoms with Gasteiger partial charge in [0.05, 0.1) is 0 Å². The molecule has 0 atom stereocenters. The summed E-state index contributed by atoms with van der Waals surface area (Å²) < 4.78 is 0. The van der Waals surface area contributed by atoms with E-state index in [9.17, 15) is 5.11 Å². The first-order valence-corrected chi connectivity index (χ1v) is 7.52. The molecule has 4 nitrogen and oxygen atoms in total. The second kappa shape index (κ2) is 5.35. The fourth-order valence-corrected chi connectivity index (χ4v) is 2.54. The topological polar surface area (TPSA) is 58.0 Å². The Bertz CT molecular complexity index is 655. The first kappa shape index (κ1) is 13.9. The van der Waals surface area contributed by atoms with E-state index in [4.69, 9.17) is 4.98 Å². The van der Waals surface area contributed by atoms with Gasteiger partial charge in [-0.25, -0.2) is 9.97 Å². The number of rotatable bonds is 4. The Kier molecular flexibility index (Phi) is 3.53. The van der Waals surface area contributed by atoms with Gasteiger partial charge in [0.25, 0.3) is 0 Å². The molecule has 0 radical (unpaired) electrons. The molecule has 1 fully saturated rings. The largest absolute Gasteiger partial charge is 0.507 e. The maximum atomic E-state index is 9.92. The Morgan fingerprint density at radius 3 is 2.38 bits per heavy atom. The van der Waals surface area contributed by atoms with Crippen molar-refractivity contribution in [3.8, 4) is 17.1 Å². The van der Waals surface area contributed by atoms with E-state index >= 15 is 0 Å². The molecule has 1 aromatic heterocycles. The van der Waals surface area contributed by atoms with Gasteiger partial charge in [0.15, 0.2) is 5.82 Å². The summed E-state index contributed by atoms with van der Waals surface area (Å²) in [4.78, 5) is 9.34. The third kappa shape index (κ3) is 2.84. The van der Waals surface area contributed by atoms with E-state index in [0.29, 0.717) is 11.7 Å². The number of aryl methyl sites for hydroxylation is 2. The highest BCUT2D eigenvalue weighted by atomic mass is 16.3. The molecule has 0 bridgehead atoms. The number of benzene rings is 1. The van der Waals surface area contributed by atoms with Gasteiger partial charge < -0.3 is 10.4 Å². The number of hydrogen-bond donors (Lipinski definition) is 2. The average molecular weight is 283 g/mol. The van der Waals surface area contributed by atoms with Crippen molar-refractivity contribution in [3.63, 3.8) is 0 Å². The SMILES string of the molecule is CCNc1cc(C2CC2)nc(-c2cc(C)c(O)c(C)c2)n1. The van der Waals surface area contributed by atoms with Crippen LogP contribution >= 0.6 is 0 Å².